The molecule has 0 fully saturated rings. The van der Waals surface area contributed by atoms with E-state index in [1.54, 1.807) is 0 Å². The lowest BCUT2D eigenvalue weighted by Gasteiger charge is -2.17. The minimum absolute atomic E-state index is 0.0521. The van der Waals surface area contributed by atoms with Crippen molar-refractivity contribution < 1.29 is 31.5 Å². The number of aryl methyl sites for hydroxylation is 1. The molecule has 1 aromatic rings. The van der Waals surface area contributed by atoms with Gasteiger partial charge in [0.1, 0.15) is 5.69 Å². The summed E-state index contributed by atoms with van der Waals surface area (Å²) in [6, 6.07) is 0. The number of aromatic nitrogens is 1. The van der Waals surface area contributed by atoms with E-state index in [0.29, 0.717) is 0 Å². The SMILES string of the molecule is CCOC(=O)Cc1c(C(F)F)ncc(C)c1C(F)(F)F. The summed E-state index contributed by atoms with van der Waals surface area (Å²) in [5.74, 6) is -1.01. The van der Waals surface area contributed by atoms with E-state index in [2.05, 4.69) is 9.72 Å². The van der Waals surface area contributed by atoms with E-state index < -0.39 is 41.8 Å². The fourth-order valence-corrected chi connectivity index (χ4v) is 1.79. The van der Waals surface area contributed by atoms with E-state index in [9.17, 15) is 26.7 Å². The van der Waals surface area contributed by atoms with Gasteiger partial charge in [0.05, 0.1) is 18.6 Å². The Kier molecular flexibility index (Phi) is 5.02. The summed E-state index contributed by atoms with van der Waals surface area (Å²) in [5, 5.41) is 0. The van der Waals surface area contributed by atoms with Gasteiger partial charge in [0.15, 0.2) is 0 Å². The van der Waals surface area contributed by atoms with Crippen molar-refractivity contribution in [3.05, 3.63) is 28.6 Å². The third kappa shape index (κ3) is 3.64. The van der Waals surface area contributed by atoms with Crippen molar-refractivity contribution in [2.75, 3.05) is 6.61 Å². The van der Waals surface area contributed by atoms with Crippen molar-refractivity contribution in [2.45, 2.75) is 32.9 Å². The summed E-state index contributed by atoms with van der Waals surface area (Å²) in [6.45, 7) is 2.51. The molecule has 0 saturated carbocycles. The van der Waals surface area contributed by atoms with Crippen molar-refractivity contribution in [1.82, 2.24) is 4.98 Å². The maximum absolute atomic E-state index is 13.0. The van der Waals surface area contributed by atoms with Crippen molar-refractivity contribution in [1.29, 1.82) is 0 Å². The molecule has 0 N–H and O–H groups in total. The number of rotatable bonds is 4. The molecule has 0 atom stereocenters. The second-order valence-electron chi connectivity index (χ2n) is 3.96. The van der Waals surface area contributed by atoms with Crippen LogP contribution in [0.15, 0.2) is 6.20 Å². The highest BCUT2D eigenvalue weighted by Crippen LogP contribution is 2.37. The maximum Gasteiger partial charge on any atom is 0.417 e. The predicted molar refractivity (Wildman–Crippen MR) is 59.3 cm³/mol. The molecule has 20 heavy (non-hydrogen) atoms. The van der Waals surface area contributed by atoms with Crippen LogP contribution in [0.4, 0.5) is 22.0 Å². The second-order valence-corrected chi connectivity index (χ2v) is 3.96. The number of carbonyl (C=O) groups is 1. The lowest BCUT2D eigenvalue weighted by molar-refractivity contribution is -0.143. The quantitative estimate of drug-likeness (QED) is 0.631. The molecule has 0 aliphatic rings. The average molecular weight is 297 g/mol. The van der Waals surface area contributed by atoms with Crippen LogP contribution in [0.25, 0.3) is 0 Å². The predicted octanol–water partition coefficient (Wildman–Crippen LogP) is 3.45. The van der Waals surface area contributed by atoms with Crippen LogP contribution < -0.4 is 0 Å². The Hall–Kier alpha value is -1.73. The first-order valence-electron chi connectivity index (χ1n) is 5.67. The van der Waals surface area contributed by atoms with Gasteiger partial charge in [0.25, 0.3) is 6.43 Å². The fourth-order valence-electron chi connectivity index (χ4n) is 1.79. The van der Waals surface area contributed by atoms with Crippen LogP contribution >= 0.6 is 0 Å². The monoisotopic (exact) mass is 297 g/mol. The van der Waals surface area contributed by atoms with Crippen molar-refractivity contribution in [3.63, 3.8) is 0 Å². The molecular weight excluding hydrogens is 285 g/mol. The number of carbonyl (C=O) groups excluding carboxylic acids is 1. The fraction of sp³-hybridized carbons (Fsp3) is 0.500. The highest BCUT2D eigenvalue weighted by atomic mass is 19.4. The molecule has 0 radical (unpaired) electrons. The van der Waals surface area contributed by atoms with Crippen LogP contribution in [0.2, 0.25) is 0 Å². The number of hydrogen-bond acceptors (Lipinski definition) is 3. The van der Waals surface area contributed by atoms with E-state index in [1.807, 2.05) is 0 Å². The molecule has 0 aromatic carbocycles. The van der Waals surface area contributed by atoms with Gasteiger partial charge in [-0.3, -0.25) is 9.78 Å². The Morgan fingerprint density at radius 3 is 2.45 bits per heavy atom. The number of pyridine rings is 1. The molecule has 0 amide bonds. The van der Waals surface area contributed by atoms with Crippen LogP contribution in [0, 0.1) is 6.92 Å². The van der Waals surface area contributed by atoms with Crippen molar-refractivity contribution in [3.8, 4) is 0 Å². The molecule has 8 heteroatoms. The van der Waals surface area contributed by atoms with Crippen LogP contribution in [-0.2, 0) is 22.1 Å². The van der Waals surface area contributed by atoms with E-state index in [4.69, 9.17) is 0 Å². The summed E-state index contributed by atoms with van der Waals surface area (Å²) < 4.78 is 69.0. The van der Waals surface area contributed by atoms with E-state index in [-0.39, 0.29) is 12.2 Å². The Labute approximate surface area is 111 Å². The summed E-state index contributed by atoms with van der Waals surface area (Å²) in [4.78, 5) is 14.6. The summed E-state index contributed by atoms with van der Waals surface area (Å²) in [5.41, 5.74) is -3.45. The van der Waals surface area contributed by atoms with Gasteiger partial charge in [-0.2, -0.15) is 13.2 Å². The summed E-state index contributed by atoms with van der Waals surface area (Å²) in [7, 11) is 0. The van der Waals surface area contributed by atoms with Crippen LogP contribution in [0.1, 0.15) is 35.7 Å². The van der Waals surface area contributed by atoms with E-state index in [1.165, 1.54) is 6.92 Å². The first-order valence-corrected chi connectivity index (χ1v) is 5.67. The van der Waals surface area contributed by atoms with Gasteiger partial charge in [-0.05, 0) is 19.4 Å². The first kappa shape index (κ1) is 16.3. The Morgan fingerprint density at radius 1 is 1.40 bits per heavy atom. The molecular formula is C12H12F5NO2. The van der Waals surface area contributed by atoms with Gasteiger partial charge in [0, 0.05) is 11.8 Å². The molecule has 0 spiro atoms. The zero-order valence-electron chi connectivity index (χ0n) is 10.7. The molecule has 0 unspecified atom stereocenters. The molecule has 1 rings (SSSR count). The third-order valence-corrected chi connectivity index (χ3v) is 2.52. The Bertz CT molecular complexity index is 499. The minimum Gasteiger partial charge on any atom is -0.466 e. The molecule has 0 saturated heterocycles. The number of nitrogens with zero attached hydrogens (tertiary/aromatic N) is 1. The lowest BCUT2D eigenvalue weighted by atomic mass is 9.98. The summed E-state index contributed by atoms with van der Waals surface area (Å²) in [6.07, 6.45) is -8.23. The molecule has 3 nitrogen and oxygen atoms in total. The standard InChI is InChI=1S/C12H12F5NO2/c1-3-20-8(19)4-7-9(12(15,16)17)6(2)5-18-10(7)11(13)14/h5,11H,3-4H2,1-2H3. The van der Waals surface area contributed by atoms with Gasteiger partial charge < -0.3 is 4.74 Å². The van der Waals surface area contributed by atoms with Gasteiger partial charge in [-0.1, -0.05) is 0 Å². The van der Waals surface area contributed by atoms with Gasteiger partial charge in [-0.25, -0.2) is 8.78 Å². The molecule has 0 aliphatic carbocycles. The topological polar surface area (TPSA) is 39.2 Å². The van der Waals surface area contributed by atoms with Gasteiger partial charge >= 0.3 is 12.1 Å². The first-order chi connectivity index (χ1) is 9.18. The number of halogens is 5. The lowest BCUT2D eigenvalue weighted by Crippen LogP contribution is -2.19. The van der Waals surface area contributed by atoms with Crippen LogP contribution in [-0.4, -0.2) is 17.6 Å². The largest absolute Gasteiger partial charge is 0.466 e. The molecule has 0 aliphatic heterocycles. The number of ether oxygens (including phenoxy) is 1. The summed E-state index contributed by atoms with van der Waals surface area (Å²) >= 11 is 0. The van der Waals surface area contributed by atoms with Gasteiger partial charge in [-0.15, -0.1) is 0 Å². The van der Waals surface area contributed by atoms with Crippen LogP contribution in [0.3, 0.4) is 0 Å². The van der Waals surface area contributed by atoms with Crippen LogP contribution in [0.5, 0.6) is 0 Å². The normalized spacial score (nSPS) is 11.8. The van der Waals surface area contributed by atoms with Crippen molar-refractivity contribution in [2.24, 2.45) is 0 Å². The van der Waals surface area contributed by atoms with E-state index >= 15 is 0 Å². The molecule has 0 bridgehead atoms. The molecule has 112 valence electrons. The molecule has 1 aromatic heterocycles. The van der Waals surface area contributed by atoms with E-state index in [0.717, 1.165) is 13.1 Å². The third-order valence-electron chi connectivity index (χ3n) is 2.52. The second kappa shape index (κ2) is 6.15. The number of hydrogen-bond donors (Lipinski definition) is 0. The highest BCUT2D eigenvalue weighted by Gasteiger charge is 2.38. The Balaban J connectivity index is 3.41. The number of esters is 1. The maximum atomic E-state index is 13.0. The zero-order chi connectivity index (χ0) is 15.5. The molecule has 1 heterocycles. The van der Waals surface area contributed by atoms with Crippen molar-refractivity contribution >= 4 is 5.97 Å². The van der Waals surface area contributed by atoms with Gasteiger partial charge in [0.2, 0.25) is 0 Å². The highest BCUT2D eigenvalue weighted by molar-refractivity contribution is 5.73. The average Bonchev–Trinajstić information content (AvgIpc) is 2.26. The zero-order valence-corrected chi connectivity index (χ0v) is 10.7. The minimum atomic E-state index is -4.85. The Morgan fingerprint density at radius 2 is 2.00 bits per heavy atom. The smallest absolute Gasteiger partial charge is 0.417 e. The number of alkyl halides is 5.